The summed E-state index contributed by atoms with van der Waals surface area (Å²) in [4.78, 5) is 7.69. The van der Waals surface area contributed by atoms with Crippen LogP contribution in [-0.2, 0) is 4.74 Å². The number of likely N-dealkylation sites (N-methyl/N-ethyl adjacent to an activating group) is 1. The van der Waals surface area contributed by atoms with E-state index in [1.54, 1.807) is 0 Å². The Bertz CT molecular complexity index is 316. The van der Waals surface area contributed by atoms with Crippen LogP contribution in [-0.4, -0.2) is 86.3 Å². The van der Waals surface area contributed by atoms with Crippen molar-refractivity contribution in [2.75, 3.05) is 59.4 Å². The third-order valence-electron chi connectivity index (χ3n) is 5.76. The monoisotopic (exact) mass is 309 g/mol. The van der Waals surface area contributed by atoms with Crippen LogP contribution in [0.1, 0.15) is 39.0 Å². The Morgan fingerprint density at radius 3 is 2.18 bits per heavy atom. The Labute approximate surface area is 136 Å². The van der Waals surface area contributed by atoms with Crippen molar-refractivity contribution in [1.82, 2.24) is 14.7 Å². The number of rotatable bonds is 6. The average molecular weight is 309 g/mol. The Morgan fingerprint density at radius 2 is 1.55 bits per heavy atom. The molecular weight excluding hydrogens is 274 g/mol. The lowest BCUT2D eigenvalue weighted by Gasteiger charge is -2.43. The Morgan fingerprint density at radius 1 is 0.864 bits per heavy atom. The van der Waals surface area contributed by atoms with Gasteiger partial charge in [-0.15, -0.1) is 0 Å². The second-order valence-electron chi connectivity index (χ2n) is 7.74. The highest BCUT2D eigenvalue weighted by Gasteiger charge is 2.34. The number of ether oxygens (including phenoxy) is 1. The molecule has 4 heteroatoms. The van der Waals surface area contributed by atoms with Crippen LogP contribution in [0, 0.1) is 5.92 Å². The van der Waals surface area contributed by atoms with Gasteiger partial charge in [0.15, 0.2) is 0 Å². The van der Waals surface area contributed by atoms with Gasteiger partial charge in [-0.3, -0.25) is 0 Å². The average Bonchev–Trinajstić information content (AvgIpc) is 2.49. The Kier molecular flexibility index (Phi) is 6.14. The number of likely N-dealkylation sites (tertiary alicyclic amines) is 1. The molecule has 0 unspecified atom stereocenters. The van der Waals surface area contributed by atoms with E-state index in [0.29, 0.717) is 12.2 Å². The van der Waals surface area contributed by atoms with E-state index in [1.807, 2.05) is 0 Å². The molecule has 2 saturated heterocycles. The first-order valence-electron chi connectivity index (χ1n) is 9.51. The van der Waals surface area contributed by atoms with Gasteiger partial charge in [-0.25, -0.2) is 0 Å². The highest BCUT2D eigenvalue weighted by molar-refractivity contribution is 4.85. The van der Waals surface area contributed by atoms with E-state index in [2.05, 4.69) is 28.7 Å². The molecule has 0 aromatic carbocycles. The van der Waals surface area contributed by atoms with E-state index in [0.717, 1.165) is 5.92 Å². The molecule has 3 fully saturated rings. The standard InChI is InChI=1S/C18H35N3O/c1-3-6-20-7-4-17(5-8-20)22-18-13-16(14-18)15-21-11-9-19(2)10-12-21/h16-18H,3-15H2,1-2H3. The second-order valence-corrected chi connectivity index (χ2v) is 7.74. The number of hydrogen-bond donors (Lipinski definition) is 0. The molecule has 22 heavy (non-hydrogen) atoms. The molecule has 0 aromatic heterocycles. The molecule has 0 aromatic rings. The number of piperidine rings is 1. The summed E-state index contributed by atoms with van der Waals surface area (Å²) in [6.07, 6.45) is 7.51. The minimum atomic E-state index is 0.544. The second kappa shape index (κ2) is 8.09. The zero-order valence-electron chi connectivity index (χ0n) is 14.7. The van der Waals surface area contributed by atoms with Crippen LogP contribution in [0.5, 0.6) is 0 Å². The van der Waals surface area contributed by atoms with Crippen molar-refractivity contribution in [1.29, 1.82) is 0 Å². The molecule has 0 amide bonds. The molecule has 2 heterocycles. The molecule has 0 atom stereocenters. The van der Waals surface area contributed by atoms with Crippen LogP contribution >= 0.6 is 0 Å². The van der Waals surface area contributed by atoms with E-state index in [-0.39, 0.29) is 0 Å². The van der Waals surface area contributed by atoms with Crippen molar-refractivity contribution in [3.8, 4) is 0 Å². The van der Waals surface area contributed by atoms with Crippen LogP contribution in [0.2, 0.25) is 0 Å². The van der Waals surface area contributed by atoms with Gasteiger partial charge in [0.05, 0.1) is 12.2 Å². The lowest BCUT2D eigenvalue weighted by molar-refractivity contribution is -0.0984. The minimum absolute atomic E-state index is 0.544. The van der Waals surface area contributed by atoms with Gasteiger partial charge >= 0.3 is 0 Å². The van der Waals surface area contributed by atoms with Crippen molar-refractivity contribution in [3.63, 3.8) is 0 Å². The van der Waals surface area contributed by atoms with Crippen molar-refractivity contribution in [3.05, 3.63) is 0 Å². The van der Waals surface area contributed by atoms with Crippen LogP contribution < -0.4 is 0 Å². The maximum atomic E-state index is 6.34. The highest BCUT2D eigenvalue weighted by Crippen LogP contribution is 2.33. The fourth-order valence-electron chi connectivity index (χ4n) is 4.19. The van der Waals surface area contributed by atoms with Gasteiger partial charge in [0.2, 0.25) is 0 Å². The molecule has 3 rings (SSSR count). The summed E-state index contributed by atoms with van der Waals surface area (Å²) in [5.41, 5.74) is 0. The molecule has 0 radical (unpaired) electrons. The van der Waals surface area contributed by atoms with Gasteiger partial charge in [-0.2, -0.15) is 0 Å². The molecule has 4 nitrogen and oxygen atoms in total. The number of nitrogens with zero attached hydrogens (tertiary/aromatic N) is 3. The van der Waals surface area contributed by atoms with Crippen molar-refractivity contribution in [2.24, 2.45) is 5.92 Å². The van der Waals surface area contributed by atoms with Crippen LogP contribution in [0.3, 0.4) is 0 Å². The fourth-order valence-corrected chi connectivity index (χ4v) is 4.19. The molecule has 0 spiro atoms. The van der Waals surface area contributed by atoms with Crippen LogP contribution in [0.4, 0.5) is 0 Å². The van der Waals surface area contributed by atoms with E-state index in [1.165, 1.54) is 84.5 Å². The fraction of sp³-hybridized carbons (Fsp3) is 1.00. The minimum Gasteiger partial charge on any atom is -0.375 e. The first-order chi connectivity index (χ1) is 10.7. The van der Waals surface area contributed by atoms with Crippen LogP contribution in [0.25, 0.3) is 0 Å². The summed E-state index contributed by atoms with van der Waals surface area (Å²) < 4.78 is 6.34. The van der Waals surface area contributed by atoms with E-state index in [9.17, 15) is 0 Å². The van der Waals surface area contributed by atoms with E-state index < -0.39 is 0 Å². The summed E-state index contributed by atoms with van der Waals surface area (Å²) in [5, 5.41) is 0. The lowest BCUT2D eigenvalue weighted by atomic mass is 9.81. The summed E-state index contributed by atoms with van der Waals surface area (Å²) in [5.74, 6) is 0.897. The van der Waals surface area contributed by atoms with Crippen molar-refractivity contribution >= 4 is 0 Å². The number of hydrogen-bond acceptors (Lipinski definition) is 4. The Balaban J connectivity index is 1.26. The molecule has 0 N–H and O–H groups in total. The number of piperazine rings is 1. The first kappa shape index (κ1) is 16.7. The molecule has 128 valence electrons. The molecule has 1 saturated carbocycles. The third kappa shape index (κ3) is 4.67. The zero-order chi connectivity index (χ0) is 15.4. The quantitative estimate of drug-likeness (QED) is 0.746. The van der Waals surface area contributed by atoms with Gasteiger partial charge in [0.25, 0.3) is 0 Å². The Hall–Kier alpha value is -0.160. The zero-order valence-corrected chi connectivity index (χ0v) is 14.7. The smallest absolute Gasteiger partial charge is 0.0603 e. The van der Waals surface area contributed by atoms with Crippen LogP contribution in [0.15, 0.2) is 0 Å². The molecule has 0 bridgehead atoms. The summed E-state index contributed by atoms with van der Waals surface area (Å²) in [6, 6.07) is 0. The van der Waals surface area contributed by atoms with Crippen molar-refractivity contribution in [2.45, 2.75) is 51.2 Å². The molecular formula is C18H35N3O. The largest absolute Gasteiger partial charge is 0.375 e. The molecule has 3 aliphatic rings. The SMILES string of the molecule is CCCN1CCC(OC2CC(CN3CCN(C)CC3)C2)CC1. The van der Waals surface area contributed by atoms with Gasteiger partial charge in [0, 0.05) is 45.8 Å². The van der Waals surface area contributed by atoms with Gasteiger partial charge in [0.1, 0.15) is 0 Å². The summed E-state index contributed by atoms with van der Waals surface area (Å²) in [6.45, 7) is 12.3. The molecule has 2 aliphatic heterocycles. The third-order valence-corrected chi connectivity index (χ3v) is 5.76. The van der Waals surface area contributed by atoms with Crippen molar-refractivity contribution < 1.29 is 4.74 Å². The van der Waals surface area contributed by atoms with Gasteiger partial charge in [-0.1, -0.05) is 6.92 Å². The predicted octanol–water partition coefficient (Wildman–Crippen LogP) is 1.90. The predicted molar refractivity (Wildman–Crippen MR) is 91.3 cm³/mol. The maximum Gasteiger partial charge on any atom is 0.0603 e. The lowest BCUT2D eigenvalue weighted by Crippen LogP contribution is -2.49. The first-order valence-corrected chi connectivity index (χ1v) is 9.51. The summed E-state index contributed by atoms with van der Waals surface area (Å²) in [7, 11) is 2.23. The maximum absolute atomic E-state index is 6.34. The van der Waals surface area contributed by atoms with E-state index >= 15 is 0 Å². The normalized spacial score (nSPS) is 33.0. The highest BCUT2D eigenvalue weighted by atomic mass is 16.5. The van der Waals surface area contributed by atoms with E-state index in [4.69, 9.17) is 4.74 Å². The topological polar surface area (TPSA) is 19.0 Å². The van der Waals surface area contributed by atoms with Gasteiger partial charge in [-0.05, 0) is 51.6 Å². The summed E-state index contributed by atoms with van der Waals surface area (Å²) >= 11 is 0. The molecule has 1 aliphatic carbocycles. The van der Waals surface area contributed by atoms with Gasteiger partial charge < -0.3 is 19.4 Å².